The smallest absolute Gasteiger partial charge is 0.340 e. The zero-order valence-electron chi connectivity index (χ0n) is 13.5. The maximum absolute atomic E-state index is 12.4. The van der Waals surface area contributed by atoms with E-state index in [1.807, 2.05) is 0 Å². The number of nitrogens with two attached hydrogens (primary N) is 1. The third-order valence-electron chi connectivity index (χ3n) is 4.03. The van der Waals surface area contributed by atoms with Crippen LogP contribution >= 0.6 is 0 Å². The number of anilines is 1. The first-order chi connectivity index (χ1) is 11.0. The number of hydrogen-bond donors (Lipinski definition) is 2. The molecule has 1 aromatic rings. The minimum absolute atomic E-state index is 0.0521. The van der Waals surface area contributed by atoms with Gasteiger partial charge >= 0.3 is 5.97 Å². The van der Waals surface area contributed by atoms with Gasteiger partial charge in [-0.25, -0.2) is 4.79 Å². The van der Waals surface area contributed by atoms with Crippen molar-refractivity contribution in [3.05, 3.63) is 17.7 Å². The molecule has 7 nitrogen and oxygen atoms in total. The normalized spacial score (nSPS) is 20.0. The summed E-state index contributed by atoms with van der Waals surface area (Å²) in [6.07, 6.45) is 2.22. The molecule has 23 heavy (non-hydrogen) atoms. The number of benzene rings is 1. The molecule has 1 amide bonds. The minimum atomic E-state index is -0.565. The summed E-state index contributed by atoms with van der Waals surface area (Å²) in [5.41, 5.74) is 6.39. The third kappa shape index (κ3) is 3.73. The lowest BCUT2D eigenvalue weighted by Crippen LogP contribution is -2.24. The van der Waals surface area contributed by atoms with E-state index in [9.17, 15) is 9.59 Å². The van der Waals surface area contributed by atoms with Crippen molar-refractivity contribution in [2.75, 3.05) is 26.6 Å². The SMILES string of the molecule is COC(=O)c1cc(OC)c(OC)cc1NC(=O)C1CCC(N)C1. The van der Waals surface area contributed by atoms with Crippen molar-refractivity contribution in [1.82, 2.24) is 0 Å². The van der Waals surface area contributed by atoms with E-state index in [0.717, 1.165) is 12.8 Å². The van der Waals surface area contributed by atoms with Gasteiger partial charge in [-0.05, 0) is 19.3 Å². The van der Waals surface area contributed by atoms with E-state index < -0.39 is 5.97 Å². The molecule has 0 bridgehead atoms. The summed E-state index contributed by atoms with van der Waals surface area (Å²) in [6, 6.07) is 3.09. The topological polar surface area (TPSA) is 99.9 Å². The highest BCUT2D eigenvalue weighted by atomic mass is 16.5. The van der Waals surface area contributed by atoms with E-state index >= 15 is 0 Å². The van der Waals surface area contributed by atoms with Gasteiger partial charge in [0.25, 0.3) is 0 Å². The van der Waals surface area contributed by atoms with Crippen LogP contribution in [0.25, 0.3) is 0 Å². The lowest BCUT2D eigenvalue weighted by atomic mass is 10.1. The fourth-order valence-electron chi connectivity index (χ4n) is 2.75. The molecule has 0 heterocycles. The van der Waals surface area contributed by atoms with Crippen molar-refractivity contribution in [2.45, 2.75) is 25.3 Å². The monoisotopic (exact) mass is 322 g/mol. The number of amides is 1. The van der Waals surface area contributed by atoms with Crippen molar-refractivity contribution in [1.29, 1.82) is 0 Å². The molecule has 0 saturated heterocycles. The van der Waals surface area contributed by atoms with E-state index in [0.29, 0.717) is 23.6 Å². The molecular weight excluding hydrogens is 300 g/mol. The molecule has 1 saturated carbocycles. The van der Waals surface area contributed by atoms with Crippen LogP contribution in [0.3, 0.4) is 0 Å². The Labute approximate surface area is 135 Å². The summed E-state index contributed by atoms with van der Waals surface area (Å²) in [5, 5.41) is 2.78. The van der Waals surface area contributed by atoms with E-state index in [2.05, 4.69) is 5.32 Å². The summed E-state index contributed by atoms with van der Waals surface area (Å²) in [5.74, 6) is -0.0735. The van der Waals surface area contributed by atoms with Crippen molar-refractivity contribution in [3.8, 4) is 11.5 Å². The Hall–Kier alpha value is -2.28. The van der Waals surface area contributed by atoms with Crippen LogP contribution in [0.15, 0.2) is 12.1 Å². The molecule has 0 aromatic heterocycles. The van der Waals surface area contributed by atoms with Gasteiger partial charge in [0, 0.05) is 24.1 Å². The fourth-order valence-corrected chi connectivity index (χ4v) is 2.75. The minimum Gasteiger partial charge on any atom is -0.493 e. The number of rotatable bonds is 5. The summed E-state index contributed by atoms with van der Waals surface area (Å²) < 4.78 is 15.2. The van der Waals surface area contributed by atoms with Gasteiger partial charge in [-0.2, -0.15) is 0 Å². The van der Waals surface area contributed by atoms with Gasteiger partial charge in [-0.1, -0.05) is 0 Å². The maximum atomic E-state index is 12.4. The van der Waals surface area contributed by atoms with Crippen LogP contribution in [-0.4, -0.2) is 39.2 Å². The molecule has 2 unspecified atom stereocenters. The Bertz CT molecular complexity index is 602. The van der Waals surface area contributed by atoms with Crippen LogP contribution in [0.1, 0.15) is 29.6 Å². The lowest BCUT2D eigenvalue weighted by molar-refractivity contribution is -0.119. The van der Waals surface area contributed by atoms with Gasteiger partial charge in [-0.15, -0.1) is 0 Å². The van der Waals surface area contributed by atoms with Gasteiger partial charge < -0.3 is 25.3 Å². The second-order valence-electron chi connectivity index (χ2n) is 5.50. The summed E-state index contributed by atoms with van der Waals surface area (Å²) >= 11 is 0. The summed E-state index contributed by atoms with van der Waals surface area (Å²) in [4.78, 5) is 24.4. The molecule has 3 N–H and O–H groups in total. The van der Waals surface area contributed by atoms with Gasteiger partial charge in [0.2, 0.25) is 5.91 Å². The number of esters is 1. The molecule has 0 aliphatic heterocycles. The van der Waals surface area contributed by atoms with Crippen LogP contribution in [0, 0.1) is 5.92 Å². The fraction of sp³-hybridized carbons (Fsp3) is 0.500. The van der Waals surface area contributed by atoms with Crippen LogP contribution < -0.4 is 20.5 Å². The zero-order chi connectivity index (χ0) is 17.0. The Balaban J connectivity index is 2.31. The zero-order valence-corrected chi connectivity index (χ0v) is 13.5. The number of nitrogens with one attached hydrogen (secondary N) is 1. The van der Waals surface area contributed by atoms with Crippen molar-refractivity contribution < 1.29 is 23.8 Å². The number of hydrogen-bond acceptors (Lipinski definition) is 6. The summed E-state index contributed by atoms with van der Waals surface area (Å²) in [6.45, 7) is 0. The Morgan fingerprint density at radius 3 is 2.30 bits per heavy atom. The molecule has 1 aliphatic rings. The van der Waals surface area contributed by atoms with Crippen LogP contribution in [0.5, 0.6) is 11.5 Å². The van der Waals surface area contributed by atoms with E-state index in [4.69, 9.17) is 19.9 Å². The van der Waals surface area contributed by atoms with Crippen LogP contribution in [-0.2, 0) is 9.53 Å². The lowest BCUT2D eigenvalue weighted by Gasteiger charge is -2.16. The predicted molar refractivity (Wildman–Crippen MR) is 84.8 cm³/mol. The molecule has 7 heteroatoms. The highest BCUT2D eigenvalue weighted by Gasteiger charge is 2.29. The highest BCUT2D eigenvalue weighted by Crippen LogP contribution is 2.34. The molecule has 1 aromatic carbocycles. The predicted octanol–water partition coefficient (Wildman–Crippen LogP) is 1.56. The third-order valence-corrected chi connectivity index (χ3v) is 4.03. The molecule has 1 fully saturated rings. The van der Waals surface area contributed by atoms with E-state index in [1.54, 1.807) is 6.07 Å². The molecule has 1 aliphatic carbocycles. The second kappa shape index (κ2) is 7.32. The van der Waals surface area contributed by atoms with Crippen molar-refractivity contribution >= 4 is 17.6 Å². The molecule has 0 spiro atoms. The second-order valence-corrected chi connectivity index (χ2v) is 5.50. The quantitative estimate of drug-likeness (QED) is 0.798. The Morgan fingerprint density at radius 2 is 1.78 bits per heavy atom. The molecule has 0 radical (unpaired) electrons. The molecular formula is C16H22N2O5. The number of carbonyl (C=O) groups excluding carboxylic acids is 2. The number of carbonyl (C=O) groups is 2. The number of ether oxygens (including phenoxy) is 3. The number of methoxy groups -OCH3 is 3. The molecule has 126 valence electrons. The Kier molecular flexibility index (Phi) is 5.44. The largest absolute Gasteiger partial charge is 0.493 e. The first kappa shape index (κ1) is 17.1. The Morgan fingerprint density at radius 1 is 1.13 bits per heavy atom. The van der Waals surface area contributed by atoms with Crippen molar-refractivity contribution in [3.63, 3.8) is 0 Å². The van der Waals surface area contributed by atoms with E-state index in [-0.39, 0.29) is 23.4 Å². The summed E-state index contributed by atoms with van der Waals surface area (Å²) in [7, 11) is 4.23. The average molecular weight is 322 g/mol. The molecule has 2 atom stereocenters. The van der Waals surface area contributed by atoms with Gasteiger partial charge in [0.1, 0.15) is 0 Å². The maximum Gasteiger partial charge on any atom is 0.340 e. The van der Waals surface area contributed by atoms with E-state index in [1.165, 1.54) is 27.4 Å². The van der Waals surface area contributed by atoms with Gasteiger partial charge in [0.05, 0.1) is 32.6 Å². The average Bonchev–Trinajstić information content (AvgIpc) is 3.00. The highest BCUT2D eigenvalue weighted by molar-refractivity contribution is 6.02. The molecule has 2 rings (SSSR count). The first-order valence-electron chi connectivity index (χ1n) is 7.41. The van der Waals surface area contributed by atoms with Crippen LogP contribution in [0.2, 0.25) is 0 Å². The van der Waals surface area contributed by atoms with Gasteiger partial charge in [-0.3, -0.25) is 4.79 Å². The van der Waals surface area contributed by atoms with Gasteiger partial charge in [0.15, 0.2) is 11.5 Å². The standard InChI is InChI=1S/C16H22N2O5/c1-21-13-7-11(16(20)23-3)12(8-14(13)22-2)18-15(19)9-4-5-10(17)6-9/h7-10H,4-6,17H2,1-3H3,(H,18,19). The van der Waals surface area contributed by atoms with Crippen LogP contribution in [0.4, 0.5) is 5.69 Å². The van der Waals surface area contributed by atoms with Crippen molar-refractivity contribution in [2.24, 2.45) is 11.7 Å². The first-order valence-corrected chi connectivity index (χ1v) is 7.41.